The molecule has 164 valence electrons. The highest BCUT2D eigenvalue weighted by Gasteiger charge is 2.28. The number of benzene rings is 3. The fourth-order valence-corrected chi connectivity index (χ4v) is 3.77. The van der Waals surface area contributed by atoms with Crippen LogP contribution in [0, 0.1) is 5.82 Å². The van der Waals surface area contributed by atoms with Crippen LogP contribution in [0.3, 0.4) is 0 Å². The first-order valence-electron chi connectivity index (χ1n) is 10.1. The van der Waals surface area contributed by atoms with Gasteiger partial charge in [-0.05, 0) is 60.7 Å². The predicted molar refractivity (Wildman–Crippen MR) is 120 cm³/mol. The van der Waals surface area contributed by atoms with Crippen molar-refractivity contribution >= 4 is 28.7 Å². The molecule has 2 heterocycles. The van der Waals surface area contributed by atoms with E-state index in [1.54, 1.807) is 19.3 Å². The molecule has 1 aliphatic heterocycles. The zero-order valence-electron chi connectivity index (χ0n) is 17.8. The summed E-state index contributed by atoms with van der Waals surface area (Å²) < 4.78 is 31.5. The highest BCUT2D eigenvalue weighted by molar-refractivity contribution is 6.15. The molecule has 7 heteroatoms. The van der Waals surface area contributed by atoms with Gasteiger partial charge in [-0.25, -0.2) is 9.18 Å². The standard InChI is InChI=1S/C26H18FNO5/c1-28-14-16(21-12-18(31-2)8-10-22(21)28)11-24-25(29)20-9-7-19(13-23(20)33-24)32-26(30)15-3-5-17(27)6-4-15/h3-14H,1-2H3/b24-11+. The van der Waals surface area contributed by atoms with E-state index in [0.717, 1.165) is 16.5 Å². The van der Waals surface area contributed by atoms with Crippen molar-refractivity contribution in [3.05, 3.63) is 95.1 Å². The number of ketones is 1. The van der Waals surface area contributed by atoms with Gasteiger partial charge in [0.25, 0.3) is 0 Å². The van der Waals surface area contributed by atoms with Gasteiger partial charge < -0.3 is 18.8 Å². The Morgan fingerprint density at radius 1 is 1.03 bits per heavy atom. The number of ether oxygens (including phenoxy) is 3. The lowest BCUT2D eigenvalue weighted by Gasteiger charge is -2.05. The third-order valence-corrected chi connectivity index (χ3v) is 5.45. The van der Waals surface area contributed by atoms with E-state index in [4.69, 9.17) is 14.2 Å². The van der Waals surface area contributed by atoms with Crippen LogP contribution in [-0.2, 0) is 7.05 Å². The third-order valence-electron chi connectivity index (χ3n) is 5.45. The number of esters is 1. The number of carbonyl (C=O) groups is 2. The molecule has 1 aliphatic rings. The second-order valence-electron chi connectivity index (χ2n) is 7.57. The molecule has 0 radical (unpaired) electrons. The average Bonchev–Trinajstić information content (AvgIpc) is 3.29. The number of rotatable bonds is 4. The third kappa shape index (κ3) is 3.74. The van der Waals surface area contributed by atoms with Gasteiger partial charge in [0.1, 0.15) is 23.1 Å². The Balaban J connectivity index is 1.42. The molecule has 0 amide bonds. The highest BCUT2D eigenvalue weighted by atomic mass is 19.1. The quantitative estimate of drug-likeness (QED) is 0.248. The summed E-state index contributed by atoms with van der Waals surface area (Å²) in [6.07, 6.45) is 3.60. The molecule has 0 N–H and O–H groups in total. The van der Waals surface area contributed by atoms with E-state index >= 15 is 0 Å². The SMILES string of the molecule is COc1ccc2c(c1)c(/C=C1/Oc3cc(OC(=O)c4ccc(F)cc4)ccc3C1=O)cn2C. The lowest BCUT2D eigenvalue weighted by atomic mass is 10.1. The number of methoxy groups -OCH3 is 1. The largest absolute Gasteiger partial charge is 0.497 e. The van der Waals surface area contributed by atoms with Crippen LogP contribution in [0.2, 0.25) is 0 Å². The van der Waals surface area contributed by atoms with Gasteiger partial charge in [-0.15, -0.1) is 0 Å². The normalized spacial score (nSPS) is 13.8. The van der Waals surface area contributed by atoms with Crippen molar-refractivity contribution in [1.82, 2.24) is 4.57 Å². The molecule has 0 bridgehead atoms. The minimum atomic E-state index is -0.639. The van der Waals surface area contributed by atoms with Crippen LogP contribution in [0.5, 0.6) is 17.2 Å². The second-order valence-corrected chi connectivity index (χ2v) is 7.57. The molecule has 3 aromatic carbocycles. The Morgan fingerprint density at radius 2 is 1.79 bits per heavy atom. The summed E-state index contributed by atoms with van der Waals surface area (Å²) in [4.78, 5) is 25.2. The van der Waals surface area contributed by atoms with Crippen LogP contribution in [0.1, 0.15) is 26.3 Å². The fraction of sp³-hybridized carbons (Fsp3) is 0.0769. The molecule has 0 saturated carbocycles. The number of aromatic nitrogens is 1. The molecule has 5 rings (SSSR count). The lowest BCUT2D eigenvalue weighted by molar-refractivity contribution is 0.0734. The van der Waals surface area contributed by atoms with Gasteiger partial charge in [-0.3, -0.25) is 4.79 Å². The van der Waals surface area contributed by atoms with Crippen molar-refractivity contribution in [3.63, 3.8) is 0 Å². The van der Waals surface area contributed by atoms with Crippen molar-refractivity contribution in [2.75, 3.05) is 7.11 Å². The molecule has 0 atom stereocenters. The van der Waals surface area contributed by atoms with Crippen LogP contribution in [0.15, 0.2) is 72.6 Å². The molecule has 33 heavy (non-hydrogen) atoms. The van der Waals surface area contributed by atoms with E-state index in [9.17, 15) is 14.0 Å². The number of Topliss-reactive ketones (excluding diaryl/α,β-unsaturated/α-hetero) is 1. The van der Waals surface area contributed by atoms with E-state index in [0.29, 0.717) is 17.1 Å². The van der Waals surface area contributed by atoms with Crippen molar-refractivity contribution in [1.29, 1.82) is 0 Å². The van der Waals surface area contributed by atoms with E-state index in [1.165, 1.54) is 36.4 Å². The monoisotopic (exact) mass is 443 g/mol. The van der Waals surface area contributed by atoms with Gasteiger partial charge in [-0.1, -0.05) is 0 Å². The van der Waals surface area contributed by atoms with Gasteiger partial charge in [0.2, 0.25) is 5.78 Å². The number of aryl methyl sites for hydroxylation is 1. The number of allylic oxidation sites excluding steroid dienone is 1. The summed E-state index contributed by atoms with van der Waals surface area (Å²) in [6, 6.07) is 15.3. The van der Waals surface area contributed by atoms with E-state index < -0.39 is 11.8 Å². The molecule has 1 aromatic heterocycles. The van der Waals surface area contributed by atoms with E-state index in [1.807, 2.05) is 36.0 Å². The van der Waals surface area contributed by atoms with Gasteiger partial charge in [0.15, 0.2) is 5.76 Å². The first-order valence-corrected chi connectivity index (χ1v) is 10.1. The molecule has 6 nitrogen and oxygen atoms in total. The van der Waals surface area contributed by atoms with E-state index in [2.05, 4.69) is 0 Å². The van der Waals surface area contributed by atoms with Crippen LogP contribution < -0.4 is 14.2 Å². The molecule has 4 aromatic rings. The number of nitrogens with zero attached hydrogens (tertiary/aromatic N) is 1. The van der Waals surface area contributed by atoms with Gasteiger partial charge in [-0.2, -0.15) is 0 Å². The summed E-state index contributed by atoms with van der Waals surface area (Å²) in [6.45, 7) is 0. The molecule has 0 spiro atoms. The fourth-order valence-electron chi connectivity index (χ4n) is 3.77. The summed E-state index contributed by atoms with van der Waals surface area (Å²) >= 11 is 0. The van der Waals surface area contributed by atoms with Crippen LogP contribution >= 0.6 is 0 Å². The van der Waals surface area contributed by atoms with Crippen molar-refractivity contribution in [3.8, 4) is 17.2 Å². The second kappa shape index (κ2) is 7.94. The number of halogens is 1. The molecular formula is C26H18FNO5. The molecule has 0 saturated heterocycles. The molecule has 0 aliphatic carbocycles. The Morgan fingerprint density at radius 3 is 2.55 bits per heavy atom. The summed E-state index contributed by atoms with van der Waals surface area (Å²) in [7, 11) is 3.52. The first kappa shape index (κ1) is 20.5. The number of hydrogen-bond acceptors (Lipinski definition) is 5. The number of carbonyl (C=O) groups excluding carboxylic acids is 2. The summed E-state index contributed by atoms with van der Waals surface area (Å²) in [5.41, 5.74) is 2.38. The summed E-state index contributed by atoms with van der Waals surface area (Å²) in [5.74, 6) is 0.0479. The molecular weight excluding hydrogens is 425 g/mol. The Kier molecular flexibility index (Phi) is 4.94. The number of hydrogen-bond donors (Lipinski definition) is 0. The van der Waals surface area contributed by atoms with Gasteiger partial charge in [0.05, 0.1) is 18.2 Å². The molecule has 0 unspecified atom stereocenters. The van der Waals surface area contributed by atoms with E-state index in [-0.39, 0.29) is 22.9 Å². The topological polar surface area (TPSA) is 66.8 Å². The predicted octanol–water partition coefficient (Wildman–Crippen LogP) is 5.16. The van der Waals surface area contributed by atoms with Gasteiger partial charge in [0, 0.05) is 35.8 Å². The maximum absolute atomic E-state index is 13.1. The van der Waals surface area contributed by atoms with Crippen LogP contribution in [-0.4, -0.2) is 23.4 Å². The first-order chi connectivity index (χ1) is 15.9. The smallest absolute Gasteiger partial charge is 0.343 e. The van der Waals surface area contributed by atoms with Gasteiger partial charge >= 0.3 is 5.97 Å². The molecule has 0 fully saturated rings. The lowest BCUT2D eigenvalue weighted by Crippen LogP contribution is -2.08. The Hall–Kier alpha value is -4.39. The van der Waals surface area contributed by atoms with Crippen molar-refractivity contribution < 1.29 is 28.2 Å². The zero-order chi connectivity index (χ0) is 23.1. The average molecular weight is 443 g/mol. The van der Waals surface area contributed by atoms with Crippen molar-refractivity contribution in [2.45, 2.75) is 0 Å². The Bertz CT molecular complexity index is 1450. The highest BCUT2D eigenvalue weighted by Crippen LogP contribution is 2.36. The Labute approximate surface area is 188 Å². The minimum absolute atomic E-state index is 0.169. The van der Waals surface area contributed by atoms with Crippen LogP contribution in [0.4, 0.5) is 4.39 Å². The number of fused-ring (bicyclic) bond motifs is 2. The maximum atomic E-state index is 13.1. The minimum Gasteiger partial charge on any atom is -0.497 e. The maximum Gasteiger partial charge on any atom is 0.343 e. The van der Waals surface area contributed by atoms with Crippen molar-refractivity contribution in [2.24, 2.45) is 7.05 Å². The van der Waals surface area contributed by atoms with Crippen LogP contribution in [0.25, 0.3) is 17.0 Å². The summed E-state index contributed by atoms with van der Waals surface area (Å²) in [5, 5.41) is 0.922. The zero-order valence-corrected chi connectivity index (χ0v) is 17.8.